The van der Waals surface area contributed by atoms with Crippen molar-refractivity contribution in [2.75, 3.05) is 19.6 Å². The highest BCUT2D eigenvalue weighted by Crippen LogP contribution is 2.18. The second kappa shape index (κ2) is 7.81. The summed E-state index contributed by atoms with van der Waals surface area (Å²) in [5.74, 6) is 0.368. The van der Waals surface area contributed by atoms with Gasteiger partial charge in [-0.15, -0.1) is 0 Å². The number of amides is 2. The SMILES string of the molecule is CCCC(=O)N1CCC(C(=O)NCCn2ccnc2)CC1. The quantitative estimate of drug-likeness (QED) is 0.852. The molecule has 2 rings (SSSR count). The van der Waals surface area contributed by atoms with Crippen LogP contribution in [0.4, 0.5) is 0 Å². The summed E-state index contributed by atoms with van der Waals surface area (Å²) < 4.78 is 1.94. The van der Waals surface area contributed by atoms with Crippen LogP contribution < -0.4 is 5.32 Å². The second-order valence-corrected chi connectivity index (χ2v) is 5.50. The Balaban J connectivity index is 1.67. The number of likely N-dealkylation sites (tertiary alicyclic amines) is 1. The zero-order chi connectivity index (χ0) is 15.1. The van der Waals surface area contributed by atoms with E-state index in [0.717, 1.165) is 25.8 Å². The van der Waals surface area contributed by atoms with Gasteiger partial charge < -0.3 is 14.8 Å². The van der Waals surface area contributed by atoms with Gasteiger partial charge in [-0.05, 0) is 19.3 Å². The number of rotatable bonds is 6. The fourth-order valence-corrected chi connectivity index (χ4v) is 2.63. The van der Waals surface area contributed by atoms with E-state index in [1.807, 2.05) is 22.6 Å². The summed E-state index contributed by atoms with van der Waals surface area (Å²) in [6.07, 6.45) is 8.38. The Labute approximate surface area is 125 Å². The zero-order valence-corrected chi connectivity index (χ0v) is 12.6. The summed E-state index contributed by atoms with van der Waals surface area (Å²) >= 11 is 0. The minimum atomic E-state index is 0.0402. The molecule has 0 aromatic carbocycles. The molecule has 0 aliphatic carbocycles. The first kappa shape index (κ1) is 15.5. The topological polar surface area (TPSA) is 67.2 Å². The summed E-state index contributed by atoms with van der Waals surface area (Å²) in [6, 6.07) is 0. The molecule has 1 aromatic rings. The minimum Gasteiger partial charge on any atom is -0.354 e. The first-order valence-corrected chi connectivity index (χ1v) is 7.72. The maximum Gasteiger partial charge on any atom is 0.223 e. The van der Waals surface area contributed by atoms with Crippen molar-refractivity contribution in [1.29, 1.82) is 0 Å². The van der Waals surface area contributed by atoms with Gasteiger partial charge in [-0.3, -0.25) is 9.59 Å². The normalized spacial score (nSPS) is 16.0. The van der Waals surface area contributed by atoms with Crippen LogP contribution in [0.5, 0.6) is 0 Å². The van der Waals surface area contributed by atoms with E-state index in [-0.39, 0.29) is 17.7 Å². The van der Waals surface area contributed by atoms with Crippen LogP contribution in [0.15, 0.2) is 18.7 Å². The molecule has 1 fully saturated rings. The molecule has 0 unspecified atom stereocenters. The molecule has 0 radical (unpaired) electrons. The highest BCUT2D eigenvalue weighted by atomic mass is 16.2. The molecule has 6 nitrogen and oxygen atoms in total. The molecule has 0 atom stereocenters. The lowest BCUT2D eigenvalue weighted by atomic mass is 9.95. The van der Waals surface area contributed by atoms with Gasteiger partial charge in [-0.1, -0.05) is 6.92 Å². The Morgan fingerprint density at radius 2 is 2.10 bits per heavy atom. The maximum atomic E-state index is 12.1. The van der Waals surface area contributed by atoms with Gasteiger partial charge in [0.15, 0.2) is 0 Å². The first-order valence-electron chi connectivity index (χ1n) is 7.72. The Bertz CT molecular complexity index is 450. The van der Waals surface area contributed by atoms with E-state index < -0.39 is 0 Å². The Morgan fingerprint density at radius 1 is 1.33 bits per heavy atom. The van der Waals surface area contributed by atoms with E-state index in [1.54, 1.807) is 12.5 Å². The lowest BCUT2D eigenvalue weighted by Crippen LogP contribution is -2.43. The summed E-state index contributed by atoms with van der Waals surface area (Å²) in [5.41, 5.74) is 0. The predicted octanol–water partition coefficient (Wildman–Crippen LogP) is 1.04. The smallest absolute Gasteiger partial charge is 0.223 e. The first-order chi connectivity index (χ1) is 10.2. The average Bonchev–Trinajstić information content (AvgIpc) is 3.01. The molecule has 21 heavy (non-hydrogen) atoms. The van der Waals surface area contributed by atoms with Crippen LogP contribution in [0, 0.1) is 5.92 Å². The van der Waals surface area contributed by atoms with E-state index in [4.69, 9.17) is 0 Å². The molecule has 2 amide bonds. The van der Waals surface area contributed by atoms with Crippen molar-refractivity contribution < 1.29 is 9.59 Å². The van der Waals surface area contributed by atoms with Gasteiger partial charge in [0, 0.05) is 50.9 Å². The van der Waals surface area contributed by atoms with Crippen molar-refractivity contribution in [3.05, 3.63) is 18.7 Å². The Kier molecular flexibility index (Phi) is 5.78. The summed E-state index contributed by atoms with van der Waals surface area (Å²) in [6.45, 7) is 4.78. The van der Waals surface area contributed by atoms with Crippen LogP contribution in [0.1, 0.15) is 32.6 Å². The third-order valence-corrected chi connectivity index (χ3v) is 3.91. The molecular formula is C15H24N4O2. The number of carbonyl (C=O) groups excluding carboxylic acids is 2. The lowest BCUT2D eigenvalue weighted by Gasteiger charge is -2.31. The van der Waals surface area contributed by atoms with Crippen LogP contribution in [-0.2, 0) is 16.1 Å². The van der Waals surface area contributed by atoms with Crippen molar-refractivity contribution in [3.63, 3.8) is 0 Å². The van der Waals surface area contributed by atoms with Crippen LogP contribution in [-0.4, -0.2) is 45.9 Å². The fraction of sp³-hybridized carbons (Fsp3) is 0.667. The van der Waals surface area contributed by atoms with Crippen molar-refractivity contribution in [3.8, 4) is 0 Å². The summed E-state index contributed by atoms with van der Waals surface area (Å²) in [5, 5.41) is 2.97. The van der Waals surface area contributed by atoms with Gasteiger partial charge in [0.2, 0.25) is 11.8 Å². The largest absolute Gasteiger partial charge is 0.354 e. The highest BCUT2D eigenvalue weighted by molar-refractivity contribution is 5.80. The van der Waals surface area contributed by atoms with Crippen molar-refractivity contribution in [2.24, 2.45) is 5.92 Å². The summed E-state index contributed by atoms with van der Waals surface area (Å²) in [7, 11) is 0. The number of hydrogen-bond donors (Lipinski definition) is 1. The van der Waals surface area contributed by atoms with Gasteiger partial charge in [0.25, 0.3) is 0 Å². The van der Waals surface area contributed by atoms with Crippen LogP contribution in [0.2, 0.25) is 0 Å². The number of piperidine rings is 1. The zero-order valence-electron chi connectivity index (χ0n) is 12.6. The molecular weight excluding hydrogens is 268 g/mol. The van der Waals surface area contributed by atoms with Crippen molar-refractivity contribution >= 4 is 11.8 Å². The van der Waals surface area contributed by atoms with Gasteiger partial charge >= 0.3 is 0 Å². The molecule has 2 heterocycles. The van der Waals surface area contributed by atoms with Crippen molar-refractivity contribution in [2.45, 2.75) is 39.2 Å². The monoisotopic (exact) mass is 292 g/mol. The lowest BCUT2D eigenvalue weighted by molar-refractivity contribution is -0.135. The summed E-state index contributed by atoms with van der Waals surface area (Å²) in [4.78, 5) is 29.7. The van der Waals surface area contributed by atoms with Crippen LogP contribution in [0.3, 0.4) is 0 Å². The number of nitrogens with one attached hydrogen (secondary N) is 1. The molecule has 116 valence electrons. The number of hydrogen-bond acceptors (Lipinski definition) is 3. The maximum absolute atomic E-state index is 12.1. The third-order valence-electron chi connectivity index (χ3n) is 3.91. The number of imidazole rings is 1. The van der Waals surface area contributed by atoms with E-state index in [1.165, 1.54) is 0 Å². The molecule has 0 bridgehead atoms. The molecule has 0 saturated carbocycles. The highest BCUT2D eigenvalue weighted by Gasteiger charge is 2.26. The molecule has 1 aromatic heterocycles. The molecule has 1 N–H and O–H groups in total. The number of carbonyl (C=O) groups is 2. The molecule has 6 heteroatoms. The standard InChI is InChI=1S/C15H24N4O2/c1-2-3-14(20)19-8-4-13(5-9-19)15(21)17-7-11-18-10-6-16-12-18/h6,10,12-13H,2-5,7-9,11H2,1H3,(H,17,21). The molecule has 1 aliphatic rings. The molecule has 0 spiro atoms. The predicted molar refractivity (Wildman–Crippen MR) is 79.4 cm³/mol. The van der Waals surface area contributed by atoms with E-state index >= 15 is 0 Å². The number of aromatic nitrogens is 2. The van der Waals surface area contributed by atoms with Gasteiger partial charge in [0.1, 0.15) is 0 Å². The van der Waals surface area contributed by atoms with Gasteiger partial charge in [-0.25, -0.2) is 4.98 Å². The van der Waals surface area contributed by atoms with Crippen molar-refractivity contribution in [1.82, 2.24) is 19.8 Å². The van der Waals surface area contributed by atoms with E-state index in [0.29, 0.717) is 26.1 Å². The minimum absolute atomic E-state index is 0.0402. The second-order valence-electron chi connectivity index (χ2n) is 5.50. The van der Waals surface area contributed by atoms with Crippen LogP contribution in [0.25, 0.3) is 0 Å². The van der Waals surface area contributed by atoms with Gasteiger partial charge in [-0.2, -0.15) is 0 Å². The number of nitrogens with zero attached hydrogens (tertiary/aromatic N) is 3. The van der Waals surface area contributed by atoms with E-state index in [9.17, 15) is 9.59 Å². The molecule has 1 aliphatic heterocycles. The Morgan fingerprint density at radius 3 is 2.71 bits per heavy atom. The molecule has 1 saturated heterocycles. The fourth-order valence-electron chi connectivity index (χ4n) is 2.63. The van der Waals surface area contributed by atoms with Crippen LogP contribution >= 0.6 is 0 Å². The average molecular weight is 292 g/mol. The van der Waals surface area contributed by atoms with E-state index in [2.05, 4.69) is 10.3 Å². The third kappa shape index (κ3) is 4.58. The Hall–Kier alpha value is -1.85. The van der Waals surface area contributed by atoms with Gasteiger partial charge in [0.05, 0.1) is 6.33 Å².